The lowest BCUT2D eigenvalue weighted by molar-refractivity contribution is 0.104. The molecule has 0 amide bonds. The molecule has 4 aliphatic heterocycles. The molecule has 0 aliphatic carbocycles. The maximum Gasteiger partial charge on any atom is 0.430 e. The fraction of sp³-hybridized carbons (Fsp3) is 1.00. The summed E-state index contributed by atoms with van der Waals surface area (Å²) < 4.78 is 24.9. The molecule has 0 atom stereocenters. The van der Waals surface area contributed by atoms with Crippen molar-refractivity contribution in [2.24, 2.45) is 0 Å². The second kappa shape index (κ2) is 4.81. The normalized spacial score (nSPS) is 32.0. The third kappa shape index (κ3) is 1.77. The third-order valence-corrected chi connectivity index (χ3v) is 4.18. The van der Waals surface area contributed by atoms with Gasteiger partial charge in [-0.05, 0) is 38.9 Å². The summed E-state index contributed by atoms with van der Waals surface area (Å²) in [7, 11) is 0.134. The van der Waals surface area contributed by atoms with Gasteiger partial charge in [-0.25, -0.2) is 0 Å². The van der Waals surface area contributed by atoms with Crippen molar-refractivity contribution in [2.45, 2.75) is 19.3 Å². The van der Waals surface area contributed by atoms with Gasteiger partial charge in [0.2, 0.25) is 0 Å². The summed E-state index contributed by atoms with van der Waals surface area (Å²) in [6.45, 7) is 5.68. The van der Waals surface area contributed by atoms with E-state index in [0.717, 1.165) is 58.7 Å². The second-order valence-corrected chi connectivity index (χ2v) is 5.37. The Labute approximate surface area is 109 Å². The van der Waals surface area contributed by atoms with Gasteiger partial charge < -0.3 is 28.1 Å². The van der Waals surface area contributed by atoms with Gasteiger partial charge in [-0.3, -0.25) is 0 Å². The number of nitrogens with zero attached hydrogens (tertiary/aromatic N) is 3. The van der Waals surface area contributed by atoms with E-state index in [-0.39, 0.29) is 21.6 Å². The first-order valence-corrected chi connectivity index (χ1v) is 7.07. The Kier molecular flexibility index (Phi) is 3.14. The van der Waals surface area contributed by atoms with Crippen LogP contribution in [0.1, 0.15) is 19.3 Å². The zero-order chi connectivity index (χ0) is 11.9. The molecule has 0 N–H and O–H groups in total. The molecule has 4 saturated heterocycles. The lowest BCUT2D eigenvalue weighted by Crippen LogP contribution is -2.82. The van der Waals surface area contributed by atoms with Crippen LogP contribution in [0.3, 0.4) is 0 Å². The molecular formula is C9H18B3N3O3-. The first-order valence-electron chi connectivity index (χ1n) is 7.07. The fourth-order valence-electron chi connectivity index (χ4n) is 3.44. The van der Waals surface area contributed by atoms with Gasteiger partial charge in [0.25, 0.3) is 0 Å². The minimum absolute atomic E-state index is 0.0448. The van der Waals surface area contributed by atoms with Gasteiger partial charge in [0.05, 0.1) is 0 Å². The molecule has 18 heavy (non-hydrogen) atoms. The summed E-state index contributed by atoms with van der Waals surface area (Å²) in [5.41, 5.74) is 0. The molecule has 6 nitrogen and oxygen atoms in total. The highest BCUT2D eigenvalue weighted by molar-refractivity contribution is 6.80. The average Bonchev–Trinajstić information content (AvgIpc) is 2.48. The molecule has 0 unspecified atom stereocenters. The van der Waals surface area contributed by atoms with Gasteiger partial charge in [0.1, 0.15) is 7.19 Å². The summed E-state index contributed by atoms with van der Waals surface area (Å²) in [6, 6.07) is 0. The van der Waals surface area contributed by atoms with Crippen LogP contribution < -0.4 is 0 Å². The highest BCUT2D eigenvalue weighted by atomic mass is 16.5. The van der Waals surface area contributed by atoms with Crippen LogP contribution in [-0.2, 0) is 14.0 Å². The van der Waals surface area contributed by atoms with E-state index in [4.69, 9.17) is 14.0 Å². The van der Waals surface area contributed by atoms with Gasteiger partial charge in [-0.1, -0.05) is 0 Å². The first-order chi connectivity index (χ1) is 8.95. The molecule has 0 aromatic rings. The van der Waals surface area contributed by atoms with Crippen molar-refractivity contribution in [1.82, 2.24) is 14.2 Å². The predicted octanol–water partition coefficient (Wildman–Crippen LogP) is -0.878. The Bertz CT molecular complexity index is 237. The van der Waals surface area contributed by atoms with E-state index in [0.29, 0.717) is 0 Å². The van der Waals surface area contributed by atoms with E-state index < -0.39 is 0 Å². The highest BCUT2D eigenvalue weighted by Gasteiger charge is 2.50. The summed E-state index contributed by atoms with van der Waals surface area (Å²) in [5, 5.41) is 0. The zero-order valence-corrected chi connectivity index (χ0v) is 10.7. The van der Waals surface area contributed by atoms with Crippen LogP contribution in [-0.4, -0.2) is 75.2 Å². The molecule has 4 rings (SSSR count). The minimum atomic E-state index is 0.0448. The molecule has 0 spiro atoms. The Morgan fingerprint density at radius 3 is 2.11 bits per heavy atom. The average molecular weight is 249 g/mol. The van der Waals surface area contributed by atoms with Crippen molar-refractivity contribution >= 4 is 21.6 Å². The number of rotatable bonds is 0. The molecule has 0 saturated carbocycles. The Hall–Kier alpha value is -0.0452. The summed E-state index contributed by atoms with van der Waals surface area (Å²) in [6.07, 6.45) is 3.26. The number of hydrogen-bond donors (Lipinski definition) is 0. The molecule has 97 valence electrons. The van der Waals surface area contributed by atoms with Crippen LogP contribution in [0.25, 0.3) is 0 Å². The molecule has 4 fully saturated rings. The standard InChI is InChI=1S/C9H18B3N3O3/c1-4-13-10(16-7-1)14-5-2-9-18-12(14)15-6-3-8-17-11(13)15/h1-9H2/q-1. The van der Waals surface area contributed by atoms with E-state index >= 15 is 0 Å². The molecule has 0 aromatic carbocycles. The topological polar surface area (TPSA) is 37.4 Å². The van der Waals surface area contributed by atoms with E-state index in [1.54, 1.807) is 0 Å². The van der Waals surface area contributed by atoms with Crippen molar-refractivity contribution in [3.05, 3.63) is 0 Å². The lowest BCUT2D eigenvalue weighted by atomic mass is 9.60. The third-order valence-electron chi connectivity index (χ3n) is 4.18. The van der Waals surface area contributed by atoms with Gasteiger partial charge in [0, 0.05) is 19.8 Å². The summed E-state index contributed by atoms with van der Waals surface area (Å²) in [4.78, 5) is 0. The number of hydrogen-bond acceptors (Lipinski definition) is 6. The molecule has 4 aliphatic rings. The Morgan fingerprint density at radius 2 is 1.39 bits per heavy atom. The quantitative estimate of drug-likeness (QED) is 0.519. The van der Waals surface area contributed by atoms with Crippen LogP contribution in [0.2, 0.25) is 0 Å². The van der Waals surface area contributed by atoms with Crippen LogP contribution in [0, 0.1) is 0 Å². The fourth-order valence-corrected chi connectivity index (χ4v) is 3.44. The van der Waals surface area contributed by atoms with E-state index in [9.17, 15) is 0 Å². The maximum absolute atomic E-state index is 5.97. The first kappa shape index (κ1) is 11.8. The van der Waals surface area contributed by atoms with E-state index in [1.807, 2.05) is 0 Å². The summed E-state index contributed by atoms with van der Waals surface area (Å²) >= 11 is 0. The number of fused-ring (bicyclic) bond motifs is 6. The second-order valence-electron chi connectivity index (χ2n) is 5.37. The van der Waals surface area contributed by atoms with Gasteiger partial charge in [0.15, 0.2) is 0 Å². The van der Waals surface area contributed by atoms with Crippen LogP contribution in [0.15, 0.2) is 0 Å². The molecule has 1 radical (unpaired) electrons. The van der Waals surface area contributed by atoms with Crippen LogP contribution >= 0.6 is 0 Å². The molecule has 4 heterocycles. The molecular weight excluding hydrogens is 231 g/mol. The molecule has 0 aromatic heterocycles. The minimum Gasteiger partial charge on any atom is -0.588 e. The van der Waals surface area contributed by atoms with Gasteiger partial charge in [-0.15, -0.1) is 0 Å². The molecule has 0 bridgehead atoms. The lowest BCUT2D eigenvalue weighted by Gasteiger charge is -2.64. The van der Waals surface area contributed by atoms with Crippen molar-refractivity contribution in [3.8, 4) is 0 Å². The molecule has 9 heteroatoms. The van der Waals surface area contributed by atoms with Crippen molar-refractivity contribution in [2.75, 3.05) is 39.5 Å². The predicted molar refractivity (Wildman–Crippen MR) is 69.1 cm³/mol. The maximum atomic E-state index is 5.97. The van der Waals surface area contributed by atoms with Crippen molar-refractivity contribution in [1.29, 1.82) is 0 Å². The summed E-state index contributed by atoms with van der Waals surface area (Å²) in [5.74, 6) is 0. The largest absolute Gasteiger partial charge is 0.588 e. The Balaban J connectivity index is 1.64. The zero-order valence-electron chi connectivity index (χ0n) is 10.7. The van der Waals surface area contributed by atoms with Crippen molar-refractivity contribution in [3.63, 3.8) is 0 Å². The Morgan fingerprint density at radius 1 is 0.778 bits per heavy atom. The smallest absolute Gasteiger partial charge is 0.430 e. The van der Waals surface area contributed by atoms with E-state index in [2.05, 4.69) is 14.2 Å². The van der Waals surface area contributed by atoms with Crippen molar-refractivity contribution < 1.29 is 14.0 Å². The van der Waals surface area contributed by atoms with Crippen LogP contribution in [0.5, 0.6) is 0 Å². The van der Waals surface area contributed by atoms with Gasteiger partial charge in [-0.2, -0.15) is 0 Å². The van der Waals surface area contributed by atoms with E-state index in [1.165, 1.54) is 0 Å². The highest BCUT2D eigenvalue weighted by Crippen LogP contribution is 2.28. The monoisotopic (exact) mass is 249 g/mol. The van der Waals surface area contributed by atoms with Gasteiger partial charge >= 0.3 is 14.4 Å². The van der Waals surface area contributed by atoms with Crippen LogP contribution in [0.4, 0.5) is 0 Å². The SMILES string of the molecule is C1COB2N(C1)B1OCCCN1[B-]1OCCCN21.